The predicted molar refractivity (Wildman–Crippen MR) is 114 cm³/mol. The summed E-state index contributed by atoms with van der Waals surface area (Å²) in [6.07, 6.45) is 2.70. The third-order valence-electron chi connectivity index (χ3n) is 5.48. The Morgan fingerprint density at radius 3 is 2.83 bits per heavy atom. The number of hydrogen-bond acceptors (Lipinski definition) is 4. The highest BCUT2D eigenvalue weighted by atomic mass is 19.1. The third-order valence-corrected chi connectivity index (χ3v) is 5.48. The van der Waals surface area contributed by atoms with Crippen LogP contribution in [0.1, 0.15) is 46.8 Å². The molecule has 1 fully saturated rings. The van der Waals surface area contributed by atoms with E-state index in [4.69, 9.17) is 4.74 Å². The molecule has 1 aliphatic heterocycles. The first kappa shape index (κ1) is 21.7. The largest absolute Gasteiger partial charge is 0.488 e. The van der Waals surface area contributed by atoms with Crippen molar-refractivity contribution in [3.05, 3.63) is 76.7 Å². The van der Waals surface area contributed by atoms with Gasteiger partial charge in [-0.2, -0.15) is 0 Å². The summed E-state index contributed by atoms with van der Waals surface area (Å²) in [4.78, 5) is 25.2. The van der Waals surface area contributed by atoms with Gasteiger partial charge in [-0.25, -0.2) is 4.39 Å². The topological polar surface area (TPSA) is 58.6 Å². The molecule has 1 heterocycles. The molecule has 0 bridgehead atoms. The van der Waals surface area contributed by atoms with Crippen molar-refractivity contribution in [2.24, 2.45) is 0 Å². The van der Waals surface area contributed by atoms with Crippen LogP contribution in [0.2, 0.25) is 0 Å². The van der Waals surface area contributed by atoms with Gasteiger partial charge in [-0.15, -0.1) is 0 Å². The van der Waals surface area contributed by atoms with Gasteiger partial charge in [0.05, 0.1) is 0 Å². The fourth-order valence-corrected chi connectivity index (χ4v) is 3.72. The molecule has 1 N–H and O–H groups in total. The van der Waals surface area contributed by atoms with E-state index in [1.807, 2.05) is 18.9 Å². The van der Waals surface area contributed by atoms with Crippen LogP contribution in [0, 0.1) is 5.82 Å². The van der Waals surface area contributed by atoms with Gasteiger partial charge in [-0.05, 0) is 43.7 Å². The Balaban J connectivity index is 1.80. The number of aryl methyl sites for hydroxylation is 1. The van der Waals surface area contributed by atoms with Crippen LogP contribution in [-0.2, 0) is 24.4 Å². The molecule has 6 heteroatoms. The molecule has 1 aliphatic rings. The minimum absolute atomic E-state index is 0.0294. The summed E-state index contributed by atoms with van der Waals surface area (Å²) in [6.45, 7) is 6.48. The highest BCUT2D eigenvalue weighted by molar-refractivity contribution is 5.79. The number of amides is 1. The maximum Gasteiger partial charge on any atom is 0.224 e. The SMILES string of the molecule is C=C1NC(=O)CCC1N(C)Cc1c(C=O)cccc1OCc1cc(CC)ccc1F. The number of benzene rings is 2. The molecule has 1 atom stereocenters. The first-order chi connectivity index (χ1) is 14.4. The Bertz CT molecular complexity index is 957. The number of rotatable bonds is 8. The van der Waals surface area contributed by atoms with Crippen LogP contribution in [0.3, 0.4) is 0 Å². The van der Waals surface area contributed by atoms with Crippen molar-refractivity contribution in [1.82, 2.24) is 10.2 Å². The van der Waals surface area contributed by atoms with E-state index in [2.05, 4.69) is 11.9 Å². The Hall–Kier alpha value is -2.99. The van der Waals surface area contributed by atoms with E-state index in [0.29, 0.717) is 42.0 Å². The van der Waals surface area contributed by atoms with Gasteiger partial charge in [-0.3, -0.25) is 14.5 Å². The molecule has 5 nitrogen and oxygen atoms in total. The lowest BCUT2D eigenvalue weighted by atomic mass is 10.0. The van der Waals surface area contributed by atoms with Crippen molar-refractivity contribution in [2.45, 2.75) is 45.4 Å². The maximum atomic E-state index is 14.2. The summed E-state index contributed by atoms with van der Waals surface area (Å²) in [7, 11) is 1.92. The molecule has 1 amide bonds. The fraction of sp³-hybridized carbons (Fsp3) is 0.333. The second-order valence-corrected chi connectivity index (χ2v) is 7.55. The lowest BCUT2D eigenvalue weighted by Crippen LogP contribution is -2.44. The van der Waals surface area contributed by atoms with Gasteiger partial charge >= 0.3 is 0 Å². The standard InChI is InChI=1S/C24H27FN2O3/c1-4-17-8-9-21(25)19(12-17)15-30-23-7-5-6-18(14-28)20(23)13-27(3)22-10-11-24(29)26-16(22)2/h5-9,12,14,22H,2,4,10-11,13,15H2,1,3H3,(H,26,29). The molecular weight excluding hydrogens is 383 g/mol. The molecular formula is C24H27FN2O3. The van der Waals surface area contributed by atoms with Crippen molar-refractivity contribution in [2.75, 3.05) is 7.05 Å². The van der Waals surface area contributed by atoms with Gasteiger partial charge in [-0.1, -0.05) is 31.7 Å². The third kappa shape index (κ3) is 4.94. The van der Waals surface area contributed by atoms with Crippen LogP contribution in [0.15, 0.2) is 48.7 Å². The number of aldehydes is 1. The van der Waals surface area contributed by atoms with Crippen LogP contribution in [0.25, 0.3) is 0 Å². The average molecular weight is 410 g/mol. The zero-order valence-electron chi connectivity index (χ0n) is 17.4. The van der Waals surface area contributed by atoms with E-state index in [1.165, 1.54) is 6.07 Å². The van der Waals surface area contributed by atoms with Crippen molar-refractivity contribution in [3.63, 3.8) is 0 Å². The summed E-state index contributed by atoms with van der Waals surface area (Å²) in [5, 5.41) is 2.79. The second-order valence-electron chi connectivity index (χ2n) is 7.55. The molecule has 0 aromatic heterocycles. The first-order valence-corrected chi connectivity index (χ1v) is 10.1. The summed E-state index contributed by atoms with van der Waals surface area (Å²) >= 11 is 0. The summed E-state index contributed by atoms with van der Waals surface area (Å²) < 4.78 is 20.2. The van der Waals surface area contributed by atoms with E-state index in [1.54, 1.807) is 30.3 Å². The van der Waals surface area contributed by atoms with Crippen molar-refractivity contribution < 1.29 is 18.7 Å². The van der Waals surface area contributed by atoms with Gasteiger partial charge in [0.1, 0.15) is 18.2 Å². The molecule has 0 radical (unpaired) electrons. The van der Waals surface area contributed by atoms with Crippen LogP contribution in [0.4, 0.5) is 4.39 Å². The second kappa shape index (κ2) is 9.67. The predicted octanol–water partition coefficient (Wildman–Crippen LogP) is 4.00. The summed E-state index contributed by atoms with van der Waals surface area (Å²) in [5.74, 6) is 0.197. The number of carbonyl (C=O) groups is 2. The zero-order chi connectivity index (χ0) is 21.7. The van der Waals surface area contributed by atoms with Gasteiger partial charge in [0.2, 0.25) is 5.91 Å². The van der Waals surface area contributed by atoms with Crippen molar-refractivity contribution >= 4 is 12.2 Å². The van der Waals surface area contributed by atoms with Crippen molar-refractivity contribution in [1.29, 1.82) is 0 Å². The maximum absolute atomic E-state index is 14.2. The van der Waals surface area contributed by atoms with Gasteiger partial charge < -0.3 is 10.1 Å². The fourth-order valence-electron chi connectivity index (χ4n) is 3.72. The van der Waals surface area contributed by atoms with Gasteiger partial charge in [0.15, 0.2) is 6.29 Å². The minimum atomic E-state index is -0.313. The quantitative estimate of drug-likeness (QED) is 0.669. The van der Waals surface area contributed by atoms with Gasteiger partial charge in [0.25, 0.3) is 0 Å². The molecule has 0 aliphatic carbocycles. The minimum Gasteiger partial charge on any atom is -0.488 e. The number of piperidine rings is 1. The summed E-state index contributed by atoms with van der Waals surface area (Å²) in [6, 6.07) is 10.3. The normalized spacial score (nSPS) is 16.5. The van der Waals surface area contributed by atoms with Crippen molar-refractivity contribution in [3.8, 4) is 5.75 Å². The molecule has 2 aromatic rings. The Kier molecular flexibility index (Phi) is 7.00. The first-order valence-electron chi connectivity index (χ1n) is 10.1. The highest BCUT2D eigenvalue weighted by Crippen LogP contribution is 2.27. The van der Waals surface area contributed by atoms with E-state index in [9.17, 15) is 14.0 Å². The number of nitrogens with zero attached hydrogens (tertiary/aromatic N) is 1. The Morgan fingerprint density at radius 1 is 1.33 bits per heavy atom. The molecule has 0 saturated carbocycles. The number of halogens is 1. The Morgan fingerprint density at radius 2 is 2.13 bits per heavy atom. The average Bonchev–Trinajstić information content (AvgIpc) is 2.73. The number of likely N-dealkylation sites (N-methyl/N-ethyl adjacent to an activating group) is 1. The van der Waals surface area contributed by atoms with E-state index < -0.39 is 0 Å². The molecule has 1 saturated heterocycles. The molecule has 1 unspecified atom stereocenters. The monoisotopic (exact) mass is 410 g/mol. The number of carbonyl (C=O) groups excluding carboxylic acids is 2. The van der Waals surface area contributed by atoms with E-state index >= 15 is 0 Å². The van der Waals surface area contributed by atoms with Crippen LogP contribution in [-0.4, -0.2) is 30.2 Å². The van der Waals surface area contributed by atoms with Crippen LogP contribution in [0.5, 0.6) is 5.75 Å². The highest BCUT2D eigenvalue weighted by Gasteiger charge is 2.26. The number of nitrogens with one attached hydrogen (secondary N) is 1. The molecule has 2 aromatic carbocycles. The number of ether oxygens (including phenoxy) is 1. The van der Waals surface area contributed by atoms with E-state index in [0.717, 1.165) is 23.8 Å². The number of hydrogen-bond donors (Lipinski definition) is 1. The smallest absolute Gasteiger partial charge is 0.224 e. The van der Waals surface area contributed by atoms with Crippen LogP contribution >= 0.6 is 0 Å². The van der Waals surface area contributed by atoms with E-state index in [-0.39, 0.29) is 24.4 Å². The Labute approximate surface area is 176 Å². The lowest BCUT2D eigenvalue weighted by Gasteiger charge is -2.33. The molecule has 3 rings (SSSR count). The molecule has 0 spiro atoms. The summed E-state index contributed by atoms with van der Waals surface area (Å²) in [5.41, 5.74) is 3.42. The lowest BCUT2D eigenvalue weighted by molar-refractivity contribution is -0.121. The molecule has 158 valence electrons. The zero-order valence-corrected chi connectivity index (χ0v) is 17.4. The molecule has 30 heavy (non-hydrogen) atoms. The van der Waals surface area contributed by atoms with Gasteiger partial charge in [0, 0.05) is 41.4 Å². The van der Waals surface area contributed by atoms with Crippen LogP contribution < -0.4 is 10.1 Å².